The van der Waals surface area contributed by atoms with Gasteiger partial charge in [0.25, 0.3) is 0 Å². The molecule has 0 spiro atoms. The molecule has 3 nitrogen and oxygen atoms in total. The molecule has 83 heavy (non-hydrogen) atoms. The zero-order valence-corrected chi connectivity index (χ0v) is 53.4. The molecule has 0 saturated carbocycles. The van der Waals surface area contributed by atoms with Crippen molar-refractivity contribution in [3.63, 3.8) is 0 Å². The lowest BCUT2D eigenvalue weighted by Crippen LogP contribution is -2.10. The van der Waals surface area contributed by atoms with Crippen molar-refractivity contribution in [2.24, 2.45) is 21.8 Å². The molecule has 9 rings (SSSR count). The summed E-state index contributed by atoms with van der Waals surface area (Å²) in [5.41, 5.74) is 18.4. The van der Waals surface area contributed by atoms with Crippen molar-refractivity contribution in [3.8, 4) is 33.4 Å². The second kappa shape index (κ2) is 41.5. The molecule has 2 aliphatic heterocycles. The number of hydrogen-bond acceptors (Lipinski definition) is 3. The number of nitrogens with zero attached hydrogens (tertiary/aromatic N) is 3. The van der Waals surface area contributed by atoms with Crippen LogP contribution in [0.15, 0.2) is 253 Å². The van der Waals surface area contributed by atoms with Crippen LogP contribution in [0.2, 0.25) is 0 Å². The zero-order chi connectivity index (χ0) is 60.6. The Morgan fingerprint density at radius 1 is 0.663 bits per heavy atom. The van der Waals surface area contributed by atoms with Crippen LogP contribution in [0.5, 0.6) is 0 Å². The molecule has 0 saturated heterocycles. The summed E-state index contributed by atoms with van der Waals surface area (Å²) in [5.74, 6) is 2.22. The van der Waals surface area contributed by atoms with Crippen molar-refractivity contribution < 1.29 is 0 Å². The Balaban J connectivity index is 0.000000447. The first-order valence-corrected chi connectivity index (χ1v) is 31.4. The Labute approximate surface area is 506 Å². The van der Waals surface area contributed by atoms with Gasteiger partial charge in [0.1, 0.15) is 0 Å². The van der Waals surface area contributed by atoms with Crippen LogP contribution in [0.3, 0.4) is 0 Å². The van der Waals surface area contributed by atoms with Gasteiger partial charge >= 0.3 is 0 Å². The van der Waals surface area contributed by atoms with Crippen molar-refractivity contribution in [3.05, 3.63) is 271 Å². The van der Waals surface area contributed by atoms with Crippen LogP contribution < -0.4 is 0 Å². The fraction of sp³-hybridized carbons (Fsp3) is 0.338. The largest absolute Gasteiger partial charge is 0.293 e. The lowest BCUT2D eigenvalue weighted by atomic mass is 9.87. The molecule has 3 aliphatic rings. The quantitative estimate of drug-likeness (QED) is 0.0541. The lowest BCUT2D eigenvalue weighted by molar-refractivity contribution is 0.341. The summed E-state index contributed by atoms with van der Waals surface area (Å²) in [6.07, 6.45) is 40.0. The van der Waals surface area contributed by atoms with Crippen LogP contribution in [0, 0.1) is 18.8 Å². The molecule has 0 radical (unpaired) electrons. The van der Waals surface area contributed by atoms with Crippen LogP contribution >= 0.6 is 0 Å². The molecule has 0 bridgehead atoms. The van der Waals surface area contributed by atoms with Crippen LogP contribution in [0.25, 0.3) is 33.4 Å². The van der Waals surface area contributed by atoms with Gasteiger partial charge in [0.05, 0.1) is 5.70 Å². The molecular weight excluding hydrogens is 1000 g/mol. The highest BCUT2D eigenvalue weighted by Gasteiger charge is 2.30. The van der Waals surface area contributed by atoms with E-state index >= 15 is 0 Å². The van der Waals surface area contributed by atoms with Crippen LogP contribution in [0.1, 0.15) is 181 Å². The molecule has 0 N–H and O–H groups in total. The van der Waals surface area contributed by atoms with Gasteiger partial charge in [0.2, 0.25) is 0 Å². The third-order valence-electron chi connectivity index (χ3n) is 14.7. The van der Waals surface area contributed by atoms with E-state index in [1.165, 1.54) is 112 Å². The normalized spacial score (nSPS) is 16.1. The minimum atomic E-state index is 0.194. The van der Waals surface area contributed by atoms with Crippen LogP contribution in [0.4, 0.5) is 0 Å². The first-order chi connectivity index (χ1) is 40.7. The number of aromatic nitrogens is 1. The van der Waals surface area contributed by atoms with Gasteiger partial charge in [-0.25, -0.2) is 0 Å². The average Bonchev–Trinajstić information content (AvgIpc) is 2.73. The Kier molecular flexibility index (Phi) is 34.9. The minimum Gasteiger partial charge on any atom is -0.293 e. The summed E-state index contributed by atoms with van der Waals surface area (Å²) in [4.78, 5) is 13.6. The summed E-state index contributed by atoms with van der Waals surface area (Å²) in [5, 5.41) is 0. The molecule has 5 aromatic carbocycles. The van der Waals surface area contributed by atoms with Crippen molar-refractivity contribution in [1.82, 2.24) is 4.98 Å². The number of aliphatic imine (C=N–C) groups is 2. The maximum absolute atomic E-state index is 5.28. The van der Waals surface area contributed by atoms with Gasteiger partial charge in [-0.05, 0) is 175 Å². The van der Waals surface area contributed by atoms with Crippen molar-refractivity contribution in [1.29, 1.82) is 0 Å². The highest BCUT2D eigenvalue weighted by atomic mass is 14.8. The number of fused-ring (bicyclic) bond motifs is 3. The SMILES string of the molecule is C/C=C\C.C=C/C=C(\C)C1=CC(c2ccccc2)CCC(c2cccc(-c3cccc(-c4ccc5c(c4)-c4ccccc4C5C(/C=C\C)=C/C=C)c3)c2)=N1.CC.CC.CC.CCCCCC(CC)CC1CC=CC=NC1.Cc1cccnc1. The Hall–Kier alpha value is -7.49. The number of hydrogen-bond donors (Lipinski definition) is 0. The predicted molar refractivity (Wildman–Crippen MR) is 371 cm³/mol. The summed E-state index contributed by atoms with van der Waals surface area (Å²) >= 11 is 0. The summed E-state index contributed by atoms with van der Waals surface area (Å²) in [7, 11) is 0. The van der Waals surface area contributed by atoms with E-state index in [2.05, 4.69) is 215 Å². The van der Waals surface area contributed by atoms with Crippen molar-refractivity contribution >= 4 is 11.9 Å². The fourth-order valence-electron chi connectivity index (χ4n) is 10.5. The highest BCUT2D eigenvalue weighted by Crippen LogP contribution is 2.49. The van der Waals surface area contributed by atoms with E-state index in [0.717, 1.165) is 48.2 Å². The summed E-state index contributed by atoms with van der Waals surface area (Å²) in [6.45, 7) is 35.8. The molecule has 6 aromatic rings. The van der Waals surface area contributed by atoms with Crippen molar-refractivity contribution in [2.75, 3.05) is 6.54 Å². The Morgan fingerprint density at radius 2 is 1.30 bits per heavy atom. The Morgan fingerprint density at radius 3 is 1.90 bits per heavy atom. The number of pyridine rings is 1. The number of rotatable bonds is 16. The van der Waals surface area contributed by atoms with E-state index in [-0.39, 0.29) is 5.92 Å². The van der Waals surface area contributed by atoms with E-state index in [1.807, 2.05) is 111 Å². The van der Waals surface area contributed by atoms with Gasteiger partial charge in [-0.15, -0.1) is 0 Å². The van der Waals surface area contributed by atoms with E-state index < -0.39 is 0 Å². The zero-order valence-electron chi connectivity index (χ0n) is 53.4. The van der Waals surface area contributed by atoms with Crippen LogP contribution in [-0.2, 0) is 0 Å². The number of benzene rings is 5. The second-order valence-electron chi connectivity index (χ2n) is 20.4. The van der Waals surface area contributed by atoms with E-state index in [9.17, 15) is 0 Å². The Bertz CT molecular complexity index is 3030. The number of aryl methyl sites for hydroxylation is 1. The third-order valence-corrected chi connectivity index (χ3v) is 14.7. The molecule has 0 amide bonds. The van der Waals surface area contributed by atoms with E-state index in [0.29, 0.717) is 5.92 Å². The fourth-order valence-corrected chi connectivity index (χ4v) is 10.5. The second-order valence-corrected chi connectivity index (χ2v) is 20.4. The van der Waals surface area contributed by atoms with Gasteiger partial charge in [-0.3, -0.25) is 15.0 Å². The molecule has 0 fully saturated rings. The lowest BCUT2D eigenvalue weighted by Gasteiger charge is -2.20. The summed E-state index contributed by atoms with van der Waals surface area (Å²) < 4.78 is 0. The number of unbranched alkanes of at least 4 members (excludes halogenated alkanes) is 2. The van der Waals surface area contributed by atoms with Gasteiger partial charge < -0.3 is 0 Å². The average molecular weight is 1110 g/mol. The molecule has 3 heterocycles. The maximum Gasteiger partial charge on any atom is 0.0628 e. The number of allylic oxidation sites excluding steroid dienone is 13. The molecule has 4 atom stereocenters. The monoisotopic (exact) mass is 1110 g/mol. The van der Waals surface area contributed by atoms with Crippen molar-refractivity contribution in [2.45, 2.75) is 160 Å². The first-order valence-electron chi connectivity index (χ1n) is 31.4. The molecule has 1 aromatic heterocycles. The molecule has 1 aliphatic carbocycles. The maximum atomic E-state index is 5.28. The smallest absolute Gasteiger partial charge is 0.0628 e. The first kappa shape index (κ1) is 69.8. The molecule has 3 heteroatoms. The van der Waals surface area contributed by atoms with Crippen LogP contribution in [-0.4, -0.2) is 23.5 Å². The minimum absolute atomic E-state index is 0.194. The van der Waals surface area contributed by atoms with Gasteiger partial charge in [-0.1, -0.05) is 271 Å². The predicted octanol–water partition coefficient (Wildman–Crippen LogP) is 23.9. The molecular formula is C80H103N3. The third kappa shape index (κ3) is 22.7. The van der Waals surface area contributed by atoms with E-state index in [4.69, 9.17) is 4.99 Å². The highest BCUT2D eigenvalue weighted by molar-refractivity contribution is 6.02. The standard InChI is InChI=1S/C49H43N.C15H27N.C6H7N.C4H8.3C2H6/c1-5-15-34(4)48-33-41(35-18-9-8-10-19-35)27-29-47(50-48)42-23-14-22-39(31-42)37-20-13-21-38(30-37)40-26-28-45-46(32-40)43-24-11-12-25-44(43)49(45)36(16-6-2)17-7-3;1-3-5-6-9-14(4-2)12-15-10-7-8-11-16-13-15;1-6-3-2-4-7-5-6;1-3-4-2;3*1-2/h5-26,28,30-33,41,49H,1-2,27,29H2,3-4H3;7-8,11,14-15H,3-6,9-10,12-13H2,1-2H3;2-5H,1H3;3-4H,1-2H3;3*1-2H3/b17-7-,34-15+,36-16+;;;4-3-;;;. The topological polar surface area (TPSA) is 37.6 Å². The molecule has 4 unspecified atom stereocenters. The van der Waals surface area contributed by atoms with E-state index in [1.54, 1.807) is 6.20 Å². The van der Waals surface area contributed by atoms with Gasteiger partial charge in [0.15, 0.2) is 0 Å². The molecule has 438 valence electrons. The summed E-state index contributed by atoms with van der Waals surface area (Å²) in [6, 6.07) is 48.4. The van der Waals surface area contributed by atoms with Gasteiger partial charge in [-0.2, -0.15) is 0 Å². The van der Waals surface area contributed by atoms with Gasteiger partial charge in [0, 0.05) is 42.7 Å².